The number of aromatic nitrogens is 2. The van der Waals surface area contributed by atoms with Crippen molar-refractivity contribution in [2.24, 2.45) is 19.8 Å². The lowest BCUT2D eigenvalue weighted by Crippen LogP contribution is -2.40. The molecule has 1 aromatic rings. The normalized spacial score (nSPS) is 10.4. The molecule has 1 heterocycles. The lowest BCUT2D eigenvalue weighted by Gasteiger charge is -2.13. The molecular formula is C9H16N4O2. The zero-order chi connectivity index (χ0) is 11.6. The summed E-state index contributed by atoms with van der Waals surface area (Å²) in [6.45, 7) is 2.66. The van der Waals surface area contributed by atoms with Gasteiger partial charge in [-0.2, -0.15) is 0 Å². The highest BCUT2D eigenvalue weighted by Crippen LogP contribution is 2.04. The fourth-order valence-electron chi connectivity index (χ4n) is 1.45. The Balaban J connectivity index is 3.39. The molecule has 1 aromatic heterocycles. The second-order valence-electron chi connectivity index (χ2n) is 3.39. The molecule has 6 nitrogen and oxygen atoms in total. The van der Waals surface area contributed by atoms with Crippen LogP contribution in [0.2, 0.25) is 0 Å². The maximum atomic E-state index is 11.6. The Morgan fingerprint density at radius 2 is 1.87 bits per heavy atom. The summed E-state index contributed by atoms with van der Waals surface area (Å²) in [4.78, 5) is 23.2. The Hall–Kier alpha value is -1.56. The van der Waals surface area contributed by atoms with Crippen molar-refractivity contribution in [3.05, 3.63) is 26.4 Å². The number of hydrogen-bond acceptors (Lipinski definition) is 4. The minimum absolute atomic E-state index is 0.280. The summed E-state index contributed by atoms with van der Waals surface area (Å²) in [7, 11) is 3.08. The zero-order valence-corrected chi connectivity index (χ0v) is 9.20. The van der Waals surface area contributed by atoms with E-state index in [0.29, 0.717) is 24.5 Å². The Morgan fingerprint density at radius 3 is 2.40 bits per heavy atom. The van der Waals surface area contributed by atoms with Crippen molar-refractivity contribution in [2.45, 2.75) is 6.92 Å². The zero-order valence-electron chi connectivity index (χ0n) is 9.20. The van der Waals surface area contributed by atoms with Crippen molar-refractivity contribution in [1.29, 1.82) is 0 Å². The molecule has 0 atom stereocenters. The summed E-state index contributed by atoms with van der Waals surface area (Å²) in [6, 6.07) is 0. The first-order valence-corrected chi connectivity index (χ1v) is 4.71. The molecule has 6 heteroatoms. The molecule has 0 aromatic carbocycles. The first-order chi connectivity index (χ1) is 7.00. The molecule has 0 aliphatic rings. The van der Waals surface area contributed by atoms with Crippen molar-refractivity contribution in [3.63, 3.8) is 0 Å². The quantitative estimate of drug-likeness (QED) is 0.657. The van der Waals surface area contributed by atoms with Crippen molar-refractivity contribution in [1.82, 2.24) is 9.13 Å². The number of rotatable bonds is 3. The molecule has 0 fully saturated rings. The minimum atomic E-state index is -0.342. The molecule has 3 N–H and O–H groups in total. The van der Waals surface area contributed by atoms with Gasteiger partial charge in [0.15, 0.2) is 0 Å². The maximum Gasteiger partial charge on any atom is 0.332 e. The second kappa shape index (κ2) is 4.31. The summed E-state index contributed by atoms with van der Waals surface area (Å²) in [5.74, 6) is 0.536. The standard InChI is InChI=1S/C9H16N4O2/c1-6-7(11-5-4-10)12(2)9(15)13(3)8(6)14/h11H,4-5,10H2,1-3H3. The predicted molar refractivity (Wildman–Crippen MR) is 59.2 cm³/mol. The summed E-state index contributed by atoms with van der Waals surface area (Å²) in [5.41, 5.74) is 5.25. The van der Waals surface area contributed by atoms with E-state index < -0.39 is 0 Å². The smallest absolute Gasteiger partial charge is 0.332 e. The van der Waals surface area contributed by atoms with E-state index in [4.69, 9.17) is 5.73 Å². The molecule has 0 saturated carbocycles. The molecule has 0 aliphatic carbocycles. The minimum Gasteiger partial charge on any atom is -0.370 e. The highest BCUT2D eigenvalue weighted by Gasteiger charge is 2.10. The molecule has 0 saturated heterocycles. The lowest BCUT2D eigenvalue weighted by molar-refractivity contribution is 0.680. The van der Waals surface area contributed by atoms with Crippen LogP contribution in [0.4, 0.5) is 5.82 Å². The van der Waals surface area contributed by atoms with Gasteiger partial charge in [0.1, 0.15) is 5.82 Å². The van der Waals surface area contributed by atoms with Crippen LogP contribution in [-0.4, -0.2) is 22.2 Å². The number of nitrogens with two attached hydrogens (primary N) is 1. The average molecular weight is 212 g/mol. The summed E-state index contributed by atoms with van der Waals surface area (Å²) in [6.07, 6.45) is 0. The molecule has 0 radical (unpaired) electrons. The van der Waals surface area contributed by atoms with E-state index >= 15 is 0 Å². The van der Waals surface area contributed by atoms with Gasteiger partial charge in [-0.25, -0.2) is 4.79 Å². The molecule has 15 heavy (non-hydrogen) atoms. The Morgan fingerprint density at radius 1 is 1.27 bits per heavy atom. The van der Waals surface area contributed by atoms with Crippen molar-refractivity contribution in [2.75, 3.05) is 18.4 Å². The van der Waals surface area contributed by atoms with Crippen LogP contribution in [0.15, 0.2) is 9.59 Å². The highest BCUT2D eigenvalue weighted by molar-refractivity contribution is 5.42. The fraction of sp³-hybridized carbons (Fsp3) is 0.556. The van der Waals surface area contributed by atoms with Gasteiger partial charge in [0, 0.05) is 27.2 Å². The molecule has 0 aliphatic heterocycles. The molecular weight excluding hydrogens is 196 g/mol. The summed E-state index contributed by atoms with van der Waals surface area (Å²) in [5, 5.41) is 2.96. The number of nitrogens with one attached hydrogen (secondary N) is 1. The lowest BCUT2D eigenvalue weighted by atomic mass is 10.3. The summed E-state index contributed by atoms with van der Waals surface area (Å²) < 4.78 is 2.50. The van der Waals surface area contributed by atoms with Crippen LogP contribution in [0.25, 0.3) is 0 Å². The van der Waals surface area contributed by atoms with E-state index in [1.54, 1.807) is 14.0 Å². The van der Waals surface area contributed by atoms with E-state index in [-0.39, 0.29) is 11.2 Å². The Labute approximate surface area is 87.3 Å². The van der Waals surface area contributed by atoms with E-state index in [1.165, 1.54) is 11.6 Å². The monoisotopic (exact) mass is 212 g/mol. The van der Waals surface area contributed by atoms with Crippen LogP contribution in [0.3, 0.4) is 0 Å². The maximum absolute atomic E-state index is 11.6. The van der Waals surface area contributed by atoms with Crippen LogP contribution in [-0.2, 0) is 14.1 Å². The van der Waals surface area contributed by atoms with Crippen LogP contribution in [0, 0.1) is 6.92 Å². The van der Waals surface area contributed by atoms with Crippen LogP contribution < -0.4 is 22.3 Å². The number of hydrogen-bond donors (Lipinski definition) is 2. The van der Waals surface area contributed by atoms with Gasteiger partial charge < -0.3 is 11.1 Å². The first-order valence-electron chi connectivity index (χ1n) is 4.71. The van der Waals surface area contributed by atoms with Gasteiger partial charge in [0.25, 0.3) is 5.56 Å². The third-order valence-corrected chi connectivity index (χ3v) is 2.33. The topological polar surface area (TPSA) is 82.0 Å². The molecule has 0 amide bonds. The van der Waals surface area contributed by atoms with Crippen molar-refractivity contribution in [3.8, 4) is 0 Å². The SMILES string of the molecule is Cc1c(NCCN)n(C)c(=O)n(C)c1=O. The van der Waals surface area contributed by atoms with E-state index in [0.717, 1.165) is 4.57 Å². The highest BCUT2D eigenvalue weighted by atomic mass is 16.2. The van der Waals surface area contributed by atoms with Crippen LogP contribution >= 0.6 is 0 Å². The largest absolute Gasteiger partial charge is 0.370 e. The number of nitrogens with zero attached hydrogens (tertiary/aromatic N) is 2. The van der Waals surface area contributed by atoms with E-state index in [2.05, 4.69) is 5.32 Å². The first kappa shape index (κ1) is 11.5. The Bertz CT molecular complexity index is 435. The van der Waals surface area contributed by atoms with Crippen molar-refractivity contribution >= 4 is 5.82 Å². The molecule has 0 bridgehead atoms. The van der Waals surface area contributed by atoms with Gasteiger partial charge in [0.2, 0.25) is 0 Å². The Kier molecular flexibility index (Phi) is 3.31. The number of anilines is 1. The van der Waals surface area contributed by atoms with Gasteiger partial charge >= 0.3 is 5.69 Å². The molecule has 84 valence electrons. The molecule has 1 rings (SSSR count). The van der Waals surface area contributed by atoms with Crippen molar-refractivity contribution < 1.29 is 0 Å². The van der Waals surface area contributed by atoms with E-state index in [9.17, 15) is 9.59 Å². The van der Waals surface area contributed by atoms with Gasteiger partial charge in [-0.1, -0.05) is 0 Å². The third kappa shape index (κ3) is 1.94. The van der Waals surface area contributed by atoms with Gasteiger partial charge in [-0.15, -0.1) is 0 Å². The van der Waals surface area contributed by atoms with Gasteiger partial charge in [0.05, 0.1) is 5.56 Å². The molecule has 0 spiro atoms. The van der Waals surface area contributed by atoms with Gasteiger partial charge in [-0.3, -0.25) is 13.9 Å². The van der Waals surface area contributed by atoms with E-state index in [1.807, 2.05) is 0 Å². The predicted octanol–water partition coefficient (Wildman–Crippen LogP) is -1.24. The molecule has 0 unspecified atom stereocenters. The van der Waals surface area contributed by atoms with Crippen LogP contribution in [0.5, 0.6) is 0 Å². The summed E-state index contributed by atoms with van der Waals surface area (Å²) >= 11 is 0. The van der Waals surface area contributed by atoms with Gasteiger partial charge in [-0.05, 0) is 6.92 Å². The third-order valence-electron chi connectivity index (χ3n) is 2.33. The second-order valence-corrected chi connectivity index (χ2v) is 3.39. The fourth-order valence-corrected chi connectivity index (χ4v) is 1.45. The average Bonchev–Trinajstić information content (AvgIpc) is 2.24. The van der Waals surface area contributed by atoms with Crippen LogP contribution in [0.1, 0.15) is 5.56 Å².